The van der Waals surface area contributed by atoms with E-state index in [-0.39, 0.29) is 6.04 Å². The minimum atomic E-state index is -0.557. The highest BCUT2D eigenvalue weighted by molar-refractivity contribution is 7.71. The largest absolute Gasteiger partial charge is 0.337 e. The lowest BCUT2D eigenvalue weighted by molar-refractivity contribution is 0.428. The van der Waals surface area contributed by atoms with Crippen molar-refractivity contribution in [2.75, 3.05) is 0 Å². The Labute approximate surface area is 134 Å². The lowest BCUT2D eigenvalue weighted by Crippen LogP contribution is -2.21. The molecular weight excluding hydrogens is 322 g/mol. The molecule has 1 atom stereocenters. The third kappa shape index (κ3) is 2.37. The minimum absolute atomic E-state index is 0.0176. The van der Waals surface area contributed by atoms with E-state index in [4.69, 9.17) is 12.2 Å². The number of rotatable bonds is 2. The molecule has 23 heavy (non-hydrogen) atoms. The number of aromatic nitrogens is 6. The number of hydrogen-bond acceptors (Lipinski definition) is 4. The molecule has 0 aliphatic heterocycles. The second-order valence-corrected chi connectivity index (χ2v) is 5.89. The molecule has 0 radical (unpaired) electrons. The van der Waals surface area contributed by atoms with Crippen LogP contribution in [0.15, 0.2) is 18.3 Å². The maximum atomic E-state index is 13.9. The molecular formula is C14H12F2N6S. The molecule has 0 saturated heterocycles. The Bertz CT molecular complexity index is 914. The van der Waals surface area contributed by atoms with Crippen LogP contribution in [-0.2, 0) is 12.8 Å². The average Bonchev–Trinajstić information content (AvgIpc) is 3.15. The summed E-state index contributed by atoms with van der Waals surface area (Å²) in [6, 6.07) is 2.32. The summed E-state index contributed by atoms with van der Waals surface area (Å²) in [5, 5.41) is 13.9. The Morgan fingerprint density at radius 1 is 1.30 bits per heavy atom. The van der Waals surface area contributed by atoms with E-state index in [0.717, 1.165) is 6.07 Å². The summed E-state index contributed by atoms with van der Waals surface area (Å²) in [7, 11) is 0. The SMILES string of the molecule is Fc1cc(F)c2c(c1)CC(n1c(-c3nn[nH]n3)c[nH]c1=S)CC2. The summed E-state index contributed by atoms with van der Waals surface area (Å²) >= 11 is 5.35. The van der Waals surface area contributed by atoms with Crippen LogP contribution in [0.4, 0.5) is 8.78 Å². The van der Waals surface area contributed by atoms with E-state index in [1.165, 1.54) is 6.07 Å². The fraction of sp³-hybridized carbons (Fsp3) is 0.286. The van der Waals surface area contributed by atoms with Crippen LogP contribution in [0.3, 0.4) is 0 Å². The van der Waals surface area contributed by atoms with Crippen molar-refractivity contribution in [3.8, 4) is 11.5 Å². The van der Waals surface area contributed by atoms with E-state index in [1.807, 2.05) is 4.57 Å². The monoisotopic (exact) mass is 334 g/mol. The minimum Gasteiger partial charge on any atom is -0.337 e. The molecule has 0 amide bonds. The summed E-state index contributed by atoms with van der Waals surface area (Å²) in [6.07, 6.45) is 3.45. The van der Waals surface area contributed by atoms with Gasteiger partial charge < -0.3 is 9.55 Å². The zero-order valence-corrected chi connectivity index (χ0v) is 12.7. The normalized spacial score (nSPS) is 17.2. The molecule has 2 N–H and O–H groups in total. The number of nitrogens with one attached hydrogen (secondary N) is 2. The highest BCUT2D eigenvalue weighted by atomic mass is 32.1. The van der Waals surface area contributed by atoms with Crippen LogP contribution in [0.5, 0.6) is 0 Å². The summed E-state index contributed by atoms with van der Waals surface area (Å²) in [5.41, 5.74) is 1.97. The fourth-order valence-electron chi connectivity index (χ4n) is 3.19. The zero-order valence-electron chi connectivity index (χ0n) is 11.9. The number of halogens is 2. The van der Waals surface area contributed by atoms with Crippen molar-refractivity contribution >= 4 is 12.2 Å². The number of hydrogen-bond donors (Lipinski definition) is 2. The van der Waals surface area contributed by atoms with Crippen LogP contribution in [0.1, 0.15) is 23.6 Å². The van der Waals surface area contributed by atoms with Gasteiger partial charge in [-0.25, -0.2) is 8.78 Å². The molecule has 6 nitrogen and oxygen atoms in total. The molecule has 0 fully saturated rings. The Morgan fingerprint density at radius 3 is 2.96 bits per heavy atom. The summed E-state index contributed by atoms with van der Waals surface area (Å²) in [5.74, 6) is -0.610. The van der Waals surface area contributed by atoms with E-state index in [1.54, 1.807) is 6.20 Å². The summed E-state index contributed by atoms with van der Waals surface area (Å²) < 4.78 is 29.8. The molecule has 0 bridgehead atoms. The predicted molar refractivity (Wildman–Crippen MR) is 80.2 cm³/mol. The number of imidazole rings is 1. The highest BCUT2D eigenvalue weighted by Crippen LogP contribution is 2.33. The van der Waals surface area contributed by atoms with Gasteiger partial charge in [0.2, 0.25) is 5.82 Å². The Hall–Kier alpha value is -2.42. The third-order valence-corrected chi connectivity index (χ3v) is 4.50. The maximum Gasteiger partial charge on any atom is 0.222 e. The third-order valence-electron chi connectivity index (χ3n) is 4.19. The van der Waals surface area contributed by atoms with Gasteiger partial charge in [0.1, 0.15) is 17.3 Å². The Morgan fingerprint density at radius 2 is 2.17 bits per heavy atom. The van der Waals surface area contributed by atoms with Crippen molar-refractivity contribution in [3.63, 3.8) is 0 Å². The van der Waals surface area contributed by atoms with E-state index in [9.17, 15) is 8.78 Å². The first-order valence-electron chi connectivity index (χ1n) is 7.14. The Kier molecular flexibility index (Phi) is 3.29. The molecule has 3 aromatic rings. The van der Waals surface area contributed by atoms with Gasteiger partial charge in [-0.05, 0) is 53.9 Å². The molecule has 2 heterocycles. The van der Waals surface area contributed by atoms with Gasteiger partial charge in [0.05, 0.1) is 0 Å². The van der Waals surface area contributed by atoms with Crippen molar-refractivity contribution in [2.24, 2.45) is 0 Å². The first kappa shape index (κ1) is 14.2. The predicted octanol–water partition coefficient (Wildman–Crippen LogP) is 2.73. The average molecular weight is 334 g/mol. The van der Waals surface area contributed by atoms with Gasteiger partial charge in [-0.3, -0.25) is 0 Å². The lowest BCUT2D eigenvalue weighted by atomic mass is 9.87. The van der Waals surface area contributed by atoms with E-state index in [0.29, 0.717) is 46.7 Å². The number of benzene rings is 1. The number of H-pyrrole nitrogens is 2. The molecule has 118 valence electrons. The molecule has 4 rings (SSSR count). The van der Waals surface area contributed by atoms with Crippen LogP contribution in [0.2, 0.25) is 0 Å². The fourth-order valence-corrected chi connectivity index (χ4v) is 3.50. The molecule has 1 aliphatic rings. The van der Waals surface area contributed by atoms with Crippen LogP contribution in [0, 0.1) is 16.4 Å². The second kappa shape index (κ2) is 5.34. The standard InChI is InChI=1S/C14H12F2N6S/c15-8-3-7-4-9(1-2-10(7)11(16)5-8)22-12(6-17-14(22)23)13-18-20-21-19-13/h3,5-6,9H,1-2,4H2,(H,17,23)(H,18,19,20,21). The van der Waals surface area contributed by atoms with Crippen molar-refractivity contribution in [1.29, 1.82) is 0 Å². The van der Waals surface area contributed by atoms with Gasteiger partial charge in [0.15, 0.2) is 4.77 Å². The molecule has 1 aromatic carbocycles. The van der Waals surface area contributed by atoms with E-state index < -0.39 is 11.6 Å². The van der Waals surface area contributed by atoms with Crippen molar-refractivity contribution in [1.82, 2.24) is 30.2 Å². The molecule has 1 aliphatic carbocycles. The van der Waals surface area contributed by atoms with Gasteiger partial charge in [0.25, 0.3) is 0 Å². The van der Waals surface area contributed by atoms with Gasteiger partial charge in [0, 0.05) is 18.3 Å². The number of fused-ring (bicyclic) bond motifs is 1. The molecule has 0 spiro atoms. The number of tetrazole rings is 1. The van der Waals surface area contributed by atoms with Crippen LogP contribution in [0.25, 0.3) is 11.5 Å². The quantitative estimate of drug-likeness (QED) is 0.707. The highest BCUT2D eigenvalue weighted by Gasteiger charge is 2.26. The van der Waals surface area contributed by atoms with Gasteiger partial charge in [-0.1, -0.05) is 0 Å². The molecule has 1 unspecified atom stereocenters. The van der Waals surface area contributed by atoms with Gasteiger partial charge in [-0.15, -0.1) is 10.2 Å². The number of nitrogens with zero attached hydrogens (tertiary/aromatic N) is 4. The topological polar surface area (TPSA) is 75.2 Å². The second-order valence-electron chi connectivity index (χ2n) is 5.51. The first-order chi connectivity index (χ1) is 11.1. The first-order valence-corrected chi connectivity index (χ1v) is 7.55. The van der Waals surface area contributed by atoms with E-state index >= 15 is 0 Å². The molecule has 0 saturated carbocycles. The van der Waals surface area contributed by atoms with Gasteiger partial charge in [-0.2, -0.15) is 5.21 Å². The summed E-state index contributed by atoms with van der Waals surface area (Å²) in [4.78, 5) is 2.98. The summed E-state index contributed by atoms with van der Waals surface area (Å²) in [6.45, 7) is 0. The van der Waals surface area contributed by atoms with Crippen molar-refractivity contribution in [3.05, 3.63) is 45.9 Å². The maximum absolute atomic E-state index is 13.9. The van der Waals surface area contributed by atoms with Crippen molar-refractivity contribution in [2.45, 2.75) is 25.3 Å². The zero-order chi connectivity index (χ0) is 16.0. The molecule has 9 heteroatoms. The van der Waals surface area contributed by atoms with Crippen LogP contribution in [-0.4, -0.2) is 30.2 Å². The number of aromatic amines is 2. The Balaban J connectivity index is 1.76. The van der Waals surface area contributed by atoms with Crippen molar-refractivity contribution < 1.29 is 8.78 Å². The van der Waals surface area contributed by atoms with E-state index in [2.05, 4.69) is 25.6 Å². The van der Waals surface area contributed by atoms with Gasteiger partial charge >= 0.3 is 0 Å². The molecule has 2 aromatic heterocycles. The smallest absolute Gasteiger partial charge is 0.222 e. The van der Waals surface area contributed by atoms with Crippen LogP contribution >= 0.6 is 12.2 Å². The lowest BCUT2D eigenvalue weighted by Gasteiger charge is -2.27. The van der Waals surface area contributed by atoms with Crippen LogP contribution < -0.4 is 0 Å².